The molecule has 2 unspecified atom stereocenters. The van der Waals surface area contributed by atoms with Crippen LogP contribution in [0.4, 0.5) is 8.78 Å². The van der Waals surface area contributed by atoms with Crippen LogP contribution in [0.2, 0.25) is 0 Å². The molecular formula is C16H24F2N2O. The lowest BCUT2D eigenvalue weighted by Gasteiger charge is -2.37. The van der Waals surface area contributed by atoms with Crippen molar-refractivity contribution >= 4 is 0 Å². The summed E-state index contributed by atoms with van der Waals surface area (Å²) in [4.78, 5) is 2.42. The van der Waals surface area contributed by atoms with Gasteiger partial charge in [-0.3, -0.25) is 4.90 Å². The summed E-state index contributed by atoms with van der Waals surface area (Å²) in [5.41, 5.74) is 7.08. The fraction of sp³-hybridized carbons (Fsp3) is 0.625. The van der Waals surface area contributed by atoms with Crippen molar-refractivity contribution in [3.63, 3.8) is 0 Å². The van der Waals surface area contributed by atoms with Gasteiger partial charge >= 0.3 is 6.61 Å². The normalized spacial score (nSPS) is 20.5. The summed E-state index contributed by atoms with van der Waals surface area (Å²) in [6.45, 7) is 3.51. The predicted octanol–water partition coefficient (Wildman–Crippen LogP) is 3.41. The highest BCUT2D eigenvalue weighted by molar-refractivity contribution is 5.29. The molecule has 1 aromatic carbocycles. The van der Waals surface area contributed by atoms with Crippen molar-refractivity contribution in [2.45, 2.75) is 45.4 Å². The zero-order chi connectivity index (χ0) is 15.4. The van der Waals surface area contributed by atoms with Crippen LogP contribution in [0.1, 0.15) is 38.3 Å². The highest BCUT2D eigenvalue weighted by atomic mass is 19.3. The van der Waals surface area contributed by atoms with E-state index in [1.54, 1.807) is 12.1 Å². The van der Waals surface area contributed by atoms with Gasteiger partial charge in [-0.25, -0.2) is 0 Å². The number of likely N-dealkylation sites (tertiary alicyclic amines) is 1. The summed E-state index contributed by atoms with van der Waals surface area (Å²) >= 11 is 0. The number of benzene rings is 1. The van der Waals surface area contributed by atoms with E-state index < -0.39 is 6.61 Å². The first-order chi connectivity index (χ1) is 9.97. The van der Waals surface area contributed by atoms with Crippen LogP contribution in [0.5, 0.6) is 5.75 Å². The van der Waals surface area contributed by atoms with E-state index in [9.17, 15) is 8.78 Å². The van der Waals surface area contributed by atoms with Crippen LogP contribution >= 0.6 is 0 Å². The number of rotatable bonds is 5. The highest BCUT2D eigenvalue weighted by Gasteiger charge is 2.25. The number of nitrogens with zero attached hydrogens (tertiary/aromatic N) is 1. The van der Waals surface area contributed by atoms with Gasteiger partial charge in [0.25, 0.3) is 0 Å². The van der Waals surface area contributed by atoms with Crippen LogP contribution in [0, 0.1) is 5.92 Å². The molecule has 0 saturated carbocycles. The third-order valence-electron chi connectivity index (χ3n) is 4.45. The topological polar surface area (TPSA) is 38.5 Å². The minimum Gasteiger partial charge on any atom is -0.435 e. The Morgan fingerprint density at radius 2 is 1.71 bits per heavy atom. The number of hydrogen-bond donors (Lipinski definition) is 1. The second-order valence-corrected chi connectivity index (χ2v) is 5.86. The predicted molar refractivity (Wildman–Crippen MR) is 79.4 cm³/mol. The van der Waals surface area contributed by atoms with Gasteiger partial charge in [0.2, 0.25) is 0 Å². The summed E-state index contributed by atoms with van der Waals surface area (Å²) in [7, 11) is 0. The minimum atomic E-state index is -2.77. The van der Waals surface area contributed by atoms with Gasteiger partial charge in [-0.05, 0) is 63.4 Å². The molecule has 1 aliphatic heterocycles. The molecule has 1 fully saturated rings. The van der Waals surface area contributed by atoms with Gasteiger partial charge in [0, 0.05) is 12.1 Å². The Hall–Kier alpha value is -1.20. The van der Waals surface area contributed by atoms with Crippen molar-refractivity contribution in [3.8, 4) is 5.75 Å². The first-order valence-corrected chi connectivity index (χ1v) is 7.51. The number of hydrogen-bond acceptors (Lipinski definition) is 3. The van der Waals surface area contributed by atoms with E-state index in [4.69, 9.17) is 5.73 Å². The van der Waals surface area contributed by atoms with Gasteiger partial charge in [-0.2, -0.15) is 8.78 Å². The molecule has 0 aromatic heterocycles. The SMILES string of the molecule is CC(N)C1CCN(C(C)c2ccc(OC(F)F)cc2)CC1. The minimum absolute atomic E-state index is 0.205. The van der Waals surface area contributed by atoms with E-state index >= 15 is 0 Å². The van der Waals surface area contributed by atoms with Crippen molar-refractivity contribution < 1.29 is 13.5 Å². The van der Waals surface area contributed by atoms with E-state index in [1.807, 2.05) is 12.1 Å². The zero-order valence-corrected chi connectivity index (χ0v) is 12.6. The second kappa shape index (κ2) is 7.18. The molecule has 1 heterocycles. The van der Waals surface area contributed by atoms with E-state index in [2.05, 4.69) is 23.5 Å². The summed E-state index contributed by atoms with van der Waals surface area (Å²) in [6.07, 6.45) is 2.24. The molecular weight excluding hydrogens is 274 g/mol. The highest BCUT2D eigenvalue weighted by Crippen LogP contribution is 2.28. The van der Waals surface area contributed by atoms with E-state index in [-0.39, 0.29) is 17.8 Å². The number of piperidine rings is 1. The lowest BCUT2D eigenvalue weighted by molar-refractivity contribution is -0.0498. The molecule has 1 aliphatic rings. The van der Waals surface area contributed by atoms with Crippen molar-refractivity contribution in [1.29, 1.82) is 0 Å². The quantitative estimate of drug-likeness (QED) is 0.905. The molecule has 2 rings (SSSR count). The zero-order valence-electron chi connectivity index (χ0n) is 12.6. The van der Waals surface area contributed by atoms with E-state index in [1.165, 1.54) is 0 Å². The summed E-state index contributed by atoms with van der Waals surface area (Å²) < 4.78 is 28.6. The summed E-state index contributed by atoms with van der Waals surface area (Å²) in [5, 5.41) is 0. The van der Waals surface area contributed by atoms with E-state index in [0.717, 1.165) is 31.5 Å². The molecule has 0 spiro atoms. The maximum atomic E-state index is 12.1. The molecule has 1 aromatic rings. The Morgan fingerprint density at radius 3 is 2.19 bits per heavy atom. The molecule has 0 aliphatic carbocycles. The lowest BCUT2D eigenvalue weighted by atomic mass is 9.90. The molecule has 3 nitrogen and oxygen atoms in total. The maximum Gasteiger partial charge on any atom is 0.387 e. The summed E-state index contributed by atoms with van der Waals surface area (Å²) in [6, 6.07) is 7.47. The number of halogens is 2. The monoisotopic (exact) mass is 298 g/mol. The third-order valence-corrected chi connectivity index (χ3v) is 4.45. The van der Waals surface area contributed by atoms with Gasteiger partial charge < -0.3 is 10.5 Å². The molecule has 1 saturated heterocycles. The van der Waals surface area contributed by atoms with Crippen molar-refractivity contribution in [3.05, 3.63) is 29.8 Å². The number of ether oxygens (including phenoxy) is 1. The Kier molecular flexibility index (Phi) is 5.53. The molecule has 118 valence electrons. The van der Waals surface area contributed by atoms with Gasteiger partial charge in [-0.1, -0.05) is 12.1 Å². The largest absolute Gasteiger partial charge is 0.435 e. The maximum absolute atomic E-state index is 12.1. The van der Waals surface area contributed by atoms with Crippen LogP contribution in [0.25, 0.3) is 0 Å². The van der Waals surface area contributed by atoms with Gasteiger partial charge in [0.15, 0.2) is 0 Å². The van der Waals surface area contributed by atoms with E-state index in [0.29, 0.717) is 5.92 Å². The van der Waals surface area contributed by atoms with Gasteiger partial charge in [-0.15, -0.1) is 0 Å². The Labute approximate surface area is 125 Å². The van der Waals surface area contributed by atoms with Crippen LogP contribution in [-0.2, 0) is 0 Å². The number of nitrogens with two attached hydrogens (primary N) is 1. The average molecular weight is 298 g/mol. The first kappa shape index (κ1) is 16.2. The van der Waals surface area contributed by atoms with Crippen molar-refractivity contribution in [2.24, 2.45) is 11.7 Å². The Morgan fingerprint density at radius 1 is 1.14 bits per heavy atom. The lowest BCUT2D eigenvalue weighted by Crippen LogP contribution is -2.40. The third kappa shape index (κ3) is 4.38. The summed E-state index contributed by atoms with van der Waals surface area (Å²) in [5.74, 6) is 0.812. The molecule has 0 amide bonds. The molecule has 21 heavy (non-hydrogen) atoms. The molecule has 0 bridgehead atoms. The van der Waals surface area contributed by atoms with Crippen LogP contribution in [-0.4, -0.2) is 30.6 Å². The fourth-order valence-electron chi connectivity index (χ4n) is 2.97. The standard InChI is InChI=1S/C16H24F2N2O/c1-11(19)13-7-9-20(10-8-13)12(2)14-3-5-15(6-4-14)21-16(17)18/h3-6,11-13,16H,7-10,19H2,1-2H3. The molecule has 5 heteroatoms. The van der Waals surface area contributed by atoms with Crippen molar-refractivity contribution in [2.75, 3.05) is 13.1 Å². The van der Waals surface area contributed by atoms with Gasteiger partial charge in [0.05, 0.1) is 0 Å². The fourth-order valence-corrected chi connectivity index (χ4v) is 2.97. The molecule has 2 N–H and O–H groups in total. The van der Waals surface area contributed by atoms with Crippen LogP contribution in [0.15, 0.2) is 24.3 Å². The Balaban J connectivity index is 1.93. The second-order valence-electron chi connectivity index (χ2n) is 5.86. The molecule has 2 atom stereocenters. The van der Waals surface area contributed by atoms with Crippen molar-refractivity contribution in [1.82, 2.24) is 4.90 Å². The molecule has 0 radical (unpaired) electrons. The number of alkyl halides is 2. The smallest absolute Gasteiger partial charge is 0.387 e. The van der Waals surface area contributed by atoms with Crippen LogP contribution in [0.3, 0.4) is 0 Å². The first-order valence-electron chi connectivity index (χ1n) is 7.51. The van der Waals surface area contributed by atoms with Gasteiger partial charge in [0.1, 0.15) is 5.75 Å². The van der Waals surface area contributed by atoms with Crippen LogP contribution < -0.4 is 10.5 Å². The average Bonchev–Trinajstić information content (AvgIpc) is 2.47. The Bertz CT molecular complexity index is 428.